The third-order valence-electron chi connectivity index (χ3n) is 4.69. The van der Waals surface area contributed by atoms with Crippen LogP contribution in [0, 0.1) is 13.8 Å². The van der Waals surface area contributed by atoms with Crippen molar-refractivity contribution in [1.29, 1.82) is 0 Å². The first-order valence-corrected chi connectivity index (χ1v) is 10.2. The molecule has 4 nitrogen and oxygen atoms in total. The molecule has 146 valence electrons. The average Bonchev–Trinajstić information content (AvgIpc) is 3.00. The largest absolute Gasteiger partial charge is 0.333 e. The van der Waals surface area contributed by atoms with E-state index in [0.717, 1.165) is 26.8 Å². The molecule has 0 aliphatic heterocycles. The summed E-state index contributed by atoms with van der Waals surface area (Å²) in [5.74, 6) is 0. The maximum Gasteiger partial charge on any atom is 0.319 e. The molecule has 0 atom stereocenters. The zero-order valence-electron chi connectivity index (χ0n) is 17.1. The highest BCUT2D eigenvalue weighted by atomic mass is 32.1. The maximum atomic E-state index is 12.3. The molecule has 0 saturated heterocycles. The van der Waals surface area contributed by atoms with Gasteiger partial charge < -0.3 is 10.6 Å². The number of carbonyl (C=O) groups is 1. The number of amides is 2. The number of nitrogens with one attached hydrogen (secondary N) is 2. The van der Waals surface area contributed by atoms with Crippen LogP contribution in [0.25, 0.3) is 10.6 Å². The van der Waals surface area contributed by atoms with Crippen molar-refractivity contribution in [2.24, 2.45) is 0 Å². The number of thiazole rings is 1. The van der Waals surface area contributed by atoms with Crippen LogP contribution in [0.1, 0.15) is 42.5 Å². The van der Waals surface area contributed by atoms with Gasteiger partial charge >= 0.3 is 6.03 Å². The lowest BCUT2D eigenvalue weighted by molar-refractivity contribution is 0.252. The second-order valence-electron chi connectivity index (χ2n) is 7.98. The number of nitrogens with zero attached hydrogens (tertiary/aromatic N) is 1. The van der Waals surface area contributed by atoms with Crippen molar-refractivity contribution in [2.45, 2.75) is 46.6 Å². The Bertz CT molecular complexity index is 968. The van der Waals surface area contributed by atoms with Gasteiger partial charge in [-0.3, -0.25) is 0 Å². The minimum Gasteiger partial charge on any atom is -0.333 e. The summed E-state index contributed by atoms with van der Waals surface area (Å²) in [6, 6.07) is 16.0. The van der Waals surface area contributed by atoms with Gasteiger partial charge in [-0.25, -0.2) is 9.78 Å². The number of hydrogen-bond donors (Lipinski definition) is 2. The van der Waals surface area contributed by atoms with Gasteiger partial charge in [0.15, 0.2) is 0 Å². The Labute approximate surface area is 171 Å². The summed E-state index contributed by atoms with van der Waals surface area (Å²) in [4.78, 5) is 18.0. The first-order valence-electron chi connectivity index (χ1n) is 9.42. The summed E-state index contributed by atoms with van der Waals surface area (Å²) < 4.78 is 0. The molecular weight excluding hydrogens is 366 g/mol. The number of benzene rings is 2. The van der Waals surface area contributed by atoms with Crippen LogP contribution in [-0.2, 0) is 12.0 Å². The van der Waals surface area contributed by atoms with Gasteiger partial charge in [0.2, 0.25) is 0 Å². The number of aromatic nitrogens is 1. The number of rotatable bonds is 4. The molecule has 5 heteroatoms. The fourth-order valence-corrected chi connectivity index (χ4v) is 4.00. The van der Waals surface area contributed by atoms with Gasteiger partial charge in [-0.2, -0.15) is 0 Å². The van der Waals surface area contributed by atoms with Crippen molar-refractivity contribution in [3.05, 3.63) is 70.2 Å². The molecule has 0 unspecified atom stereocenters. The van der Waals surface area contributed by atoms with Gasteiger partial charge in [-0.15, -0.1) is 11.3 Å². The van der Waals surface area contributed by atoms with Crippen molar-refractivity contribution >= 4 is 23.1 Å². The fourth-order valence-electron chi connectivity index (χ4n) is 2.91. The highest BCUT2D eigenvalue weighted by Crippen LogP contribution is 2.30. The van der Waals surface area contributed by atoms with Crippen molar-refractivity contribution in [1.82, 2.24) is 10.3 Å². The Balaban J connectivity index is 1.61. The highest BCUT2D eigenvalue weighted by molar-refractivity contribution is 7.15. The topological polar surface area (TPSA) is 54.0 Å². The number of anilines is 1. The summed E-state index contributed by atoms with van der Waals surface area (Å²) in [6.45, 7) is 11.0. The molecule has 2 amide bonds. The summed E-state index contributed by atoms with van der Waals surface area (Å²) in [7, 11) is 0. The predicted octanol–water partition coefficient (Wildman–Crippen LogP) is 6.05. The first kappa shape index (κ1) is 20.1. The summed E-state index contributed by atoms with van der Waals surface area (Å²) in [5, 5.41) is 6.82. The van der Waals surface area contributed by atoms with Crippen LogP contribution < -0.4 is 10.6 Å². The van der Waals surface area contributed by atoms with E-state index in [1.807, 2.05) is 31.2 Å². The molecule has 0 aliphatic carbocycles. The molecule has 2 N–H and O–H groups in total. The van der Waals surface area contributed by atoms with Crippen LogP contribution >= 0.6 is 11.3 Å². The molecule has 0 fully saturated rings. The zero-order chi connectivity index (χ0) is 20.3. The van der Waals surface area contributed by atoms with E-state index in [9.17, 15) is 4.79 Å². The second kappa shape index (κ2) is 8.15. The average molecular weight is 394 g/mol. The number of aryl methyl sites for hydroxylation is 2. The van der Waals surface area contributed by atoms with Gasteiger partial charge in [0.1, 0.15) is 5.01 Å². The van der Waals surface area contributed by atoms with Crippen molar-refractivity contribution in [3.8, 4) is 10.6 Å². The van der Waals surface area contributed by atoms with Crippen LogP contribution in [0.2, 0.25) is 0 Å². The highest BCUT2D eigenvalue weighted by Gasteiger charge is 2.14. The molecular formula is C23H27N3OS. The Morgan fingerprint density at radius 1 is 1.04 bits per heavy atom. The molecule has 0 spiro atoms. The van der Waals surface area contributed by atoms with Crippen LogP contribution in [-0.4, -0.2) is 11.0 Å². The van der Waals surface area contributed by atoms with Crippen LogP contribution in [0.5, 0.6) is 0 Å². The standard InChI is InChI=1S/C23H27N3OS/c1-15-8-6-7-9-19(15)21-25-16(2)20(28-21)14-24-22(27)26-18-12-10-17(11-13-18)23(3,4)5/h6-13H,14H2,1-5H3,(H2,24,26,27). The Kier molecular flexibility index (Phi) is 5.84. The fraction of sp³-hybridized carbons (Fsp3) is 0.304. The van der Waals surface area contributed by atoms with Crippen LogP contribution in [0.4, 0.5) is 10.5 Å². The van der Waals surface area contributed by atoms with E-state index < -0.39 is 0 Å². The minimum absolute atomic E-state index is 0.0965. The molecule has 0 radical (unpaired) electrons. The maximum absolute atomic E-state index is 12.3. The second-order valence-corrected chi connectivity index (χ2v) is 9.06. The van der Waals surface area contributed by atoms with Gasteiger partial charge in [0, 0.05) is 16.1 Å². The molecule has 28 heavy (non-hydrogen) atoms. The van der Waals surface area contributed by atoms with Gasteiger partial charge in [0.05, 0.1) is 12.2 Å². The normalized spacial score (nSPS) is 11.3. The lowest BCUT2D eigenvalue weighted by Crippen LogP contribution is -2.28. The quantitative estimate of drug-likeness (QED) is 0.567. The van der Waals surface area contributed by atoms with E-state index >= 15 is 0 Å². The number of hydrogen-bond acceptors (Lipinski definition) is 3. The smallest absolute Gasteiger partial charge is 0.319 e. The number of carbonyl (C=O) groups excluding carboxylic acids is 1. The van der Waals surface area contributed by atoms with E-state index in [0.29, 0.717) is 6.54 Å². The van der Waals surface area contributed by atoms with Crippen molar-refractivity contribution < 1.29 is 4.79 Å². The van der Waals surface area contributed by atoms with Gasteiger partial charge in [-0.05, 0) is 42.5 Å². The third kappa shape index (κ3) is 4.78. The van der Waals surface area contributed by atoms with Crippen LogP contribution in [0.3, 0.4) is 0 Å². The van der Waals surface area contributed by atoms with E-state index in [-0.39, 0.29) is 11.4 Å². The lowest BCUT2D eigenvalue weighted by atomic mass is 9.87. The SMILES string of the molecule is Cc1ccccc1-c1nc(C)c(CNC(=O)Nc2ccc(C(C)(C)C)cc2)s1. The Morgan fingerprint density at radius 3 is 2.36 bits per heavy atom. The molecule has 3 rings (SSSR count). The molecule has 1 heterocycles. The van der Waals surface area contributed by atoms with E-state index in [1.54, 1.807) is 11.3 Å². The predicted molar refractivity (Wildman–Crippen MR) is 118 cm³/mol. The summed E-state index contributed by atoms with van der Waals surface area (Å²) in [5.41, 5.74) is 5.42. The van der Waals surface area contributed by atoms with Crippen molar-refractivity contribution in [2.75, 3.05) is 5.32 Å². The molecule has 3 aromatic rings. The lowest BCUT2D eigenvalue weighted by Gasteiger charge is -2.19. The first-order chi connectivity index (χ1) is 13.2. The van der Waals surface area contributed by atoms with Gasteiger partial charge in [-0.1, -0.05) is 57.2 Å². The van der Waals surface area contributed by atoms with E-state index in [2.05, 4.69) is 67.6 Å². The third-order valence-corrected chi connectivity index (χ3v) is 5.88. The van der Waals surface area contributed by atoms with Gasteiger partial charge in [0.25, 0.3) is 0 Å². The molecule has 0 saturated carbocycles. The Morgan fingerprint density at radius 2 is 1.71 bits per heavy atom. The molecule has 2 aromatic carbocycles. The minimum atomic E-state index is -0.214. The molecule has 0 aliphatic rings. The summed E-state index contributed by atoms with van der Waals surface area (Å²) in [6.07, 6.45) is 0. The molecule has 1 aromatic heterocycles. The van der Waals surface area contributed by atoms with Crippen molar-refractivity contribution in [3.63, 3.8) is 0 Å². The van der Waals surface area contributed by atoms with Crippen LogP contribution in [0.15, 0.2) is 48.5 Å². The Hall–Kier alpha value is -2.66. The summed E-state index contributed by atoms with van der Waals surface area (Å²) >= 11 is 1.63. The zero-order valence-corrected chi connectivity index (χ0v) is 17.9. The number of urea groups is 1. The van der Waals surface area contributed by atoms with E-state index in [1.165, 1.54) is 11.1 Å². The molecule has 0 bridgehead atoms. The monoisotopic (exact) mass is 393 g/mol. The van der Waals surface area contributed by atoms with E-state index in [4.69, 9.17) is 0 Å².